The van der Waals surface area contributed by atoms with Gasteiger partial charge in [-0.1, -0.05) is 97.1 Å². The lowest BCUT2D eigenvalue weighted by Gasteiger charge is -2.42. The Kier molecular flexibility index (Phi) is 8.06. The molecule has 2 atom stereocenters. The fourth-order valence-electron chi connectivity index (χ4n) is 5.71. The molecule has 0 radical (unpaired) electrons. The van der Waals surface area contributed by atoms with Crippen LogP contribution >= 0.6 is 15.8 Å². The highest BCUT2D eigenvalue weighted by Crippen LogP contribution is 2.50. The van der Waals surface area contributed by atoms with E-state index in [0.717, 1.165) is 11.8 Å². The van der Waals surface area contributed by atoms with Crippen LogP contribution in [0.2, 0.25) is 0 Å². The first kappa shape index (κ1) is 25.4. The molecule has 0 nitrogen and oxygen atoms in total. The van der Waals surface area contributed by atoms with Gasteiger partial charge in [0.25, 0.3) is 0 Å². The molecule has 1 aliphatic carbocycles. The third-order valence-electron chi connectivity index (χ3n) is 8.03. The summed E-state index contributed by atoms with van der Waals surface area (Å²) in [6.45, 7) is 9.21. The molecule has 1 fully saturated rings. The maximum Gasteiger partial charge on any atom is -0.0166 e. The Morgan fingerprint density at radius 3 is 0.917 bits per heavy atom. The summed E-state index contributed by atoms with van der Waals surface area (Å²) in [5.41, 5.74) is 5.80. The highest BCUT2D eigenvalue weighted by molar-refractivity contribution is 7.73. The molecule has 0 unspecified atom stereocenters. The summed E-state index contributed by atoms with van der Waals surface area (Å²) < 4.78 is 0. The average Bonchev–Trinajstić information content (AvgIpc) is 2.87. The van der Waals surface area contributed by atoms with Crippen molar-refractivity contribution in [2.45, 2.75) is 40.5 Å². The summed E-state index contributed by atoms with van der Waals surface area (Å²) in [6, 6.07) is 36.5. The Bertz CT molecular complexity index is 1130. The van der Waals surface area contributed by atoms with Crippen LogP contribution in [0.5, 0.6) is 0 Å². The van der Waals surface area contributed by atoms with Crippen molar-refractivity contribution >= 4 is 37.1 Å². The Morgan fingerprint density at radius 1 is 0.444 bits per heavy atom. The van der Waals surface area contributed by atoms with E-state index in [-0.39, 0.29) is 15.8 Å². The zero-order chi connectivity index (χ0) is 25.1. The quantitative estimate of drug-likeness (QED) is 0.216. The topological polar surface area (TPSA) is 0 Å². The normalized spacial score (nSPS) is 17.4. The summed E-state index contributed by atoms with van der Waals surface area (Å²) in [7, 11) is -0.704. The van der Waals surface area contributed by atoms with Crippen LogP contribution < -0.4 is 21.2 Å². The molecule has 0 bridgehead atoms. The first-order valence-electron chi connectivity index (χ1n) is 13.3. The van der Waals surface area contributed by atoms with E-state index in [1.807, 2.05) is 0 Å². The van der Waals surface area contributed by atoms with Gasteiger partial charge in [0.2, 0.25) is 0 Å². The van der Waals surface area contributed by atoms with Crippen LogP contribution in [0, 0.1) is 39.5 Å². The average molecular weight is 509 g/mol. The molecule has 184 valence electrons. The fourth-order valence-corrected chi connectivity index (χ4v) is 12.0. The zero-order valence-corrected chi connectivity index (χ0v) is 23.9. The molecule has 0 saturated heterocycles. The van der Waals surface area contributed by atoms with Gasteiger partial charge in [-0.2, -0.15) is 0 Å². The molecule has 0 heterocycles. The lowest BCUT2D eigenvalue weighted by atomic mass is 9.76. The minimum Gasteiger partial charge on any atom is -0.0620 e. The van der Waals surface area contributed by atoms with Gasteiger partial charge in [-0.15, -0.1) is 0 Å². The molecule has 4 aromatic rings. The van der Waals surface area contributed by atoms with Crippen LogP contribution in [0.4, 0.5) is 0 Å². The highest BCUT2D eigenvalue weighted by atomic mass is 31.1. The lowest BCUT2D eigenvalue weighted by molar-refractivity contribution is 0.228. The molecule has 1 saturated carbocycles. The molecule has 0 aromatic heterocycles. The molecule has 0 spiro atoms. The van der Waals surface area contributed by atoms with Crippen molar-refractivity contribution < 1.29 is 0 Å². The van der Waals surface area contributed by atoms with Crippen molar-refractivity contribution in [3.8, 4) is 0 Å². The molecular formula is C34H38P2. The fraction of sp³-hybridized carbons (Fsp3) is 0.294. The van der Waals surface area contributed by atoms with E-state index in [9.17, 15) is 0 Å². The van der Waals surface area contributed by atoms with Gasteiger partial charge in [-0.05, 0) is 124 Å². The van der Waals surface area contributed by atoms with Gasteiger partial charge < -0.3 is 0 Å². The summed E-state index contributed by atoms with van der Waals surface area (Å²) in [5.74, 6) is 1.63. The molecule has 0 amide bonds. The number of hydrogen-bond donors (Lipinski definition) is 0. The standard InChI is InChI=1S/C34H38P2/c1-25-13-5-9-17-31(25)35(32-18-10-6-14-26(32)2)23-29-21-22-30(29)24-36(33-19-11-7-15-27(33)3)34-20-12-8-16-28(34)4/h5-20,29-30H,21-24H2,1-4H3/t29-,30+. The second kappa shape index (κ2) is 11.4. The van der Waals surface area contributed by atoms with Crippen LogP contribution in [-0.2, 0) is 0 Å². The van der Waals surface area contributed by atoms with E-state index in [0.29, 0.717) is 0 Å². The highest BCUT2D eigenvalue weighted by Gasteiger charge is 2.36. The van der Waals surface area contributed by atoms with Crippen molar-refractivity contribution in [1.29, 1.82) is 0 Å². The molecule has 36 heavy (non-hydrogen) atoms. The van der Waals surface area contributed by atoms with Gasteiger partial charge in [0, 0.05) is 0 Å². The number of hydrogen-bond acceptors (Lipinski definition) is 0. The Hall–Kier alpha value is -2.26. The maximum absolute atomic E-state index is 2.40. The summed E-state index contributed by atoms with van der Waals surface area (Å²) in [4.78, 5) is 0. The van der Waals surface area contributed by atoms with Crippen LogP contribution in [0.3, 0.4) is 0 Å². The van der Waals surface area contributed by atoms with E-state index >= 15 is 0 Å². The van der Waals surface area contributed by atoms with Crippen LogP contribution in [0.15, 0.2) is 97.1 Å². The Balaban J connectivity index is 1.45. The predicted molar refractivity (Wildman–Crippen MR) is 163 cm³/mol. The maximum atomic E-state index is 2.40. The third kappa shape index (κ3) is 5.37. The van der Waals surface area contributed by atoms with Gasteiger partial charge in [0.15, 0.2) is 0 Å². The van der Waals surface area contributed by atoms with Crippen molar-refractivity contribution in [2.24, 2.45) is 11.8 Å². The summed E-state index contributed by atoms with van der Waals surface area (Å²) in [5, 5.41) is 6.31. The van der Waals surface area contributed by atoms with Crippen molar-refractivity contribution in [3.05, 3.63) is 119 Å². The van der Waals surface area contributed by atoms with Gasteiger partial charge in [-0.25, -0.2) is 0 Å². The molecule has 1 aliphatic rings. The number of rotatable bonds is 8. The van der Waals surface area contributed by atoms with Crippen LogP contribution in [0.1, 0.15) is 35.1 Å². The minimum atomic E-state index is -0.352. The SMILES string of the molecule is Cc1ccccc1P(C[C@H]1CC[C@H]1CP(c1ccccc1C)c1ccccc1C)c1ccccc1C. The van der Waals surface area contributed by atoms with Crippen LogP contribution in [-0.4, -0.2) is 12.3 Å². The summed E-state index contributed by atoms with van der Waals surface area (Å²) in [6.07, 6.45) is 5.40. The number of benzene rings is 4. The molecular weight excluding hydrogens is 470 g/mol. The van der Waals surface area contributed by atoms with Gasteiger partial charge in [-0.3, -0.25) is 0 Å². The largest absolute Gasteiger partial charge is 0.0620 e. The van der Waals surface area contributed by atoms with Gasteiger partial charge in [0.1, 0.15) is 0 Å². The van der Waals surface area contributed by atoms with Crippen molar-refractivity contribution in [3.63, 3.8) is 0 Å². The van der Waals surface area contributed by atoms with Crippen molar-refractivity contribution in [2.75, 3.05) is 12.3 Å². The van der Waals surface area contributed by atoms with Gasteiger partial charge >= 0.3 is 0 Å². The predicted octanol–water partition coefficient (Wildman–Crippen LogP) is 7.51. The van der Waals surface area contributed by atoms with Crippen molar-refractivity contribution in [1.82, 2.24) is 0 Å². The first-order chi connectivity index (χ1) is 17.5. The molecule has 0 aliphatic heterocycles. The van der Waals surface area contributed by atoms with E-state index in [2.05, 4.69) is 125 Å². The Labute approximate surface area is 220 Å². The molecule has 5 rings (SSSR count). The number of aryl methyl sites for hydroxylation is 4. The van der Waals surface area contributed by atoms with E-state index < -0.39 is 0 Å². The first-order valence-corrected chi connectivity index (χ1v) is 16.4. The van der Waals surface area contributed by atoms with Crippen LogP contribution in [0.25, 0.3) is 0 Å². The van der Waals surface area contributed by atoms with E-state index in [4.69, 9.17) is 0 Å². The second-order valence-corrected chi connectivity index (χ2v) is 14.8. The minimum absolute atomic E-state index is 0.352. The van der Waals surface area contributed by atoms with E-state index in [1.165, 1.54) is 47.4 Å². The second-order valence-electron chi connectivity index (χ2n) is 10.5. The molecule has 2 heteroatoms. The molecule has 0 N–H and O–H groups in total. The summed E-state index contributed by atoms with van der Waals surface area (Å²) >= 11 is 0. The zero-order valence-electron chi connectivity index (χ0n) is 22.1. The monoisotopic (exact) mass is 508 g/mol. The lowest BCUT2D eigenvalue weighted by Crippen LogP contribution is -2.35. The smallest absolute Gasteiger partial charge is 0.0166 e. The van der Waals surface area contributed by atoms with E-state index in [1.54, 1.807) is 21.2 Å². The van der Waals surface area contributed by atoms with Gasteiger partial charge in [0.05, 0.1) is 0 Å². The molecule has 4 aromatic carbocycles. The Morgan fingerprint density at radius 2 is 0.694 bits per heavy atom. The third-order valence-corrected chi connectivity index (χ3v) is 14.0.